The summed E-state index contributed by atoms with van der Waals surface area (Å²) in [6.45, 7) is 9.60. The Morgan fingerprint density at radius 2 is 1.58 bits per heavy atom. The molecule has 0 amide bonds. The van der Waals surface area contributed by atoms with E-state index in [2.05, 4.69) is 17.9 Å². The van der Waals surface area contributed by atoms with Gasteiger partial charge in [0.25, 0.3) is 0 Å². The lowest BCUT2D eigenvalue weighted by atomic mass is 10.1. The first-order valence-corrected chi connectivity index (χ1v) is 5.18. The van der Waals surface area contributed by atoms with Crippen LogP contribution in [0.1, 0.15) is 20.3 Å². The fraction of sp³-hybridized carbons (Fsp3) is 0.308. The average Bonchev–Trinajstić information content (AvgIpc) is 2.34. The Bertz CT molecular complexity index is 417. The molecule has 0 atom stereocenters. The maximum absolute atomic E-state index is 10.2. The van der Waals surface area contributed by atoms with Gasteiger partial charge in [0.15, 0.2) is 0 Å². The molecule has 6 nitrogen and oxygen atoms in total. The van der Waals surface area contributed by atoms with E-state index < -0.39 is 11.9 Å². The Labute approximate surface area is 111 Å². The molecule has 106 valence electrons. The zero-order valence-corrected chi connectivity index (χ0v) is 11.2. The van der Waals surface area contributed by atoms with Gasteiger partial charge in [-0.05, 0) is 20.3 Å². The number of allylic oxidation sites excluding steroid dienone is 1. The van der Waals surface area contributed by atoms with Crippen LogP contribution in [-0.2, 0) is 19.1 Å². The van der Waals surface area contributed by atoms with Gasteiger partial charge in [-0.1, -0.05) is 19.2 Å². The minimum Gasteiger partial charge on any atom is -0.478 e. The zero-order valence-electron chi connectivity index (χ0n) is 11.2. The van der Waals surface area contributed by atoms with Crippen molar-refractivity contribution in [3.8, 4) is 0 Å². The van der Waals surface area contributed by atoms with Crippen LogP contribution in [0.4, 0.5) is 0 Å². The summed E-state index contributed by atoms with van der Waals surface area (Å²) in [5.41, 5.74) is 0.538. The van der Waals surface area contributed by atoms with Crippen molar-refractivity contribution in [1.82, 2.24) is 0 Å². The average molecular weight is 270 g/mol. The van der Waals surface area contributed by atoms with Gasteiger partial charge in [-0.3, -0.25) is 0 Å². The smallest absolute Gasteiger partial charge is 0.332 e. The van der Waals surface area contributed by atoms with Crippen molar-refractivity contribution < 1.29 is 29.3 Å². The summed E-state index contributed by atoms with van der Waals surface area (Å²) >= 11 is 0. The summed E-state index contributed by atoms with van der Waals surface area (Å²) in [6.07, 6.45) is 1.38. The fourth-order valence-corrected chi connectivity index (χ4v) is 0.625. The second-order valence-corrected chi connectivity index (χ2v) is 3.58. The zero-order chi connectivity index (χ0) is 15.6. The van der Waals surface area contributed by atoms with Crippen LogP contribution in [-0.4, -0.2) is 35.2 Å². The molecule has 0 unspecified atom stereocenters. The van der Waals surface area contributed by atoms with Gasteiger partial charge < -0.3 is 14.9 Å². The van der Waals surface area contributed by atoms with Crippen molar-refractivity contribution in [2.75, 3.05) is 7.11 Å². The maximum atomic E-state index is 10.2. The summed E-state index contributed by atoms with van der Waals surface area (Å²) < 4.78 is 4.27. The molecule has 0 aliphatic heterocycles. The molecule has 0 saturated heterocycles. The molecule has 0 spiro atoms. The molecule has 0 radical (unpaired) electrons. The van der Waals surface area contributed by atoms with E-state index in [1.54, 1.807) is 6.92 Å². The topological polar surface area (TPSA) is 101 Å². The lowest BCUT2D eigenvalue weighted by Crippen LogP contribution is -2.00. The van der Waals surface area contributed by atoms with E-state index >= 15 is 0 Å². The molecule has 19 heavy (non-hydrogen) atoms. The Hall–Kier alpha value is -2.37. The first-order chi connectivity index (χ1) is 8.63. The molecule has 0 aromatic carbocycles. The van der Waals surface area contributed by atoms with Gasteiger partial charge in [-0.2, -0.15) is 0 Å². The van der Waals surface area contributed by atoms with Crippen LogP contribution in [0.25, 0.3) is 0 Å². The highest BCUT2D eigenvalue weighted by molar-refractivity contribution is 5.88. The van der Waals surface area contributed by atoms with Crippen LogP contribution >= 0.6 is 0 Å². The number of methoxy groups -OCH3 is 1. The number of ether oxygens (including phenoxy) is 1. The Kier molecular flexibility index (Phi) is 9.63. The molecule has 0 saturated carbocycles. The molecule has 0 aromatic rings. The third-order valence-corrected chi connectivity index (χ3v) is 1.83. The van der Waals surface area contributed by atoms with Gasteiger partial charge in [0.2, 0.25) is 0 Å². The molecule has 0 heterocycles. The molecule has 0 aliphatic carbocycles. The van der Waals surface area contributed by atoms with Crippen LogP contribution in [0.2, 0.25) is 0 Å². The molecule has 0 bridgehead atoms. The fourth-order valence-electron chi connectivity index (χ4n) is 0.625. The van der Waals surface area contributed by atoms with E-state index in [9.17, 15) is 14.4 Å². The van der Waals surface area contributed by atoms with Gasteiger partial charge in [0, 0.05) is 16.7 Å². The molecular formula is C13H18O6. The van der Waals surface area contributed by atoms with E-state index in [1.807, 2.05) is 0 Å². The molecule has 2 N–H and O–H groups in total. The van der Waals surface area contributed by atoms with Crippen molar-refractivity contribution >= 4 is 17.9 Å². The number of carboxylic acids is 2. The van der Waals surface area contributed by atoms with Crippen molar-refractivity contribution in [2.24, 2.45) is 0 Å². The van der Waals surface area contributed by atoms with E-state index in [-0.39, 0.29) is 23.5 Å². The summed E-state index contributed by atoms with van der Waals surface area (Å²) in [7, 11) is 1.33. The number of aliphatic carboxylic acids is 2. The van der Waals surface area contributed by atoms with Crippen LogP contribution < -0.4 is 0 Å². The Balaban J connectivity index is 0. The van der Waals surface area contributed by atoms with Gasteiger partial charge in [-0.15, -0.1) is 0 Å². The number of esters is 1. The predicted molar refractivity (Wildman–Crippen MR) is 69.6 cm³/mol. The summed E-state index contributed by atoms with van der Waals surface area (Å²) in [4.78, 5) is 30.6. The van der Waals surface area contributed by atoms with Crippen molar-refractivity contribution in [1.29, 1.82) is 0 Å². The van der Waals surface area contributed by atoms with Crippen LogP contribution in [0.3, 0.4) is 0 Å². The molecule has 6 heteroatoms. The number of carboxylic acid groups (broad SMARTS) is 2. The van der Waals surface area contributed by atoms with Crippen LogP contribution in [0.15, 0.2) is 36.0 Å². The Morgan fingerprint density at radius 1 is 1.11 bits per heavy atom. The highest BCUT2D eigenvalue weighted by Crippen LogP contribution is 2.03. The second-order valence-electron chi connectivity index (χ2n) is 3.58. The number of carbonyl (C=O) groups excluding carboxylic acids is 1. The van der Waals surface area contributed by atoms with Crippen molar-refractivity contribution in [2.45, 2.75) is 20.3 Å². The first kappa shape index (κ1) is 19.0. The van der Waals surface area contributed by atoms with E-state index in [1.165, 1.54) is 20.1 Å². The molecule has 0 aromatic heterocycles. The minimum atomic E-state index is -1.11. The third kappa shape index (κ3) is 10.5. The second kappa shape index (κ2) is 9.64. The molecular weight excluding hydrogens is 252 g/mol. The number of hydrogen-bond donors (Lipinski definition) is 2. The van der Waals surface area contributed by atoms with E-state index in [0.717, 1.165) is 0 Å². The minimum absolute atomic E-state index is 0.0180. The monoisotopic (exact) mass is 270 g/mol. The lowest BCUT2D eigenvalue weighted by Gasteiger charge is -1.94. The Morgan fingerprint density at radius 3 is 1.79 bits per heavy atom. The highest BCUT2D eigenvalue weighted by atomic mass is 16.5. The van der Waals surface area contributed by atoms with Crippen LogP contribution in [0, 0.1) is 0 Å². The summed E-state index contributed by atoms with van der Waals surface area (Å²) in [5.74, 6) is -2.50. The molecule has 0 rings (SSSR count). The van der Waals surface area contributed by atoms with Crippen molar-refractivity contribution in [3.63, 3.8) is 0 Å². The van der Waals surface area contributed by atoms with E-state index in [4.69, 9.17) is 10.2 Å². The lowest BCUT2D eigenvalue weighted by molar-refractivity contribution is -0.136. The van der Waals surface area contributed by atoms with Gasteiger partial charge >= 0.3 is 17.9 Å². The molecule has 0 fully saturated rings. The quantitative estimate of drug-likeness (QED) is 0.583. The summed E-state index contributed by atoms with van der Waals surface area (Å²) in [6, 6.07) is 0. The predicted octanol–water partition coefficient (Wildman–Crippen LogP) is 1.78. The number of carbonyl (C=O) groups is 3. The highest BCUT2D eigenvalue weighted by Gasteiger charge is 2.03. The maximum Gasteiger partial charge on any atom is 0.332 e. The van der Waals surface area contributed by atoms with Crippen LogP contribution in [0.5, 0.6) is 0 Å². The number of hydrogen-bond acceptors (Lipinski definition) is 4. The first-order valence-electron chi connectivity index (χ1n) is 5.18. The van der Waals surface area contributed by atoms with Gasteiger partial charge in [0.1, 0.15) is 0 Å². The van der Waals surface area contributed by atoms with Gasteiger partial charge in [0.05, 0.1) is 7.11 Å². The summed E-state index contributed by atoms with van der Waals surface area (Å²) in [5, 5.41) is 16.7. The normalized spacial score (nSPS) is 9.74. The SMILES string of the molecule is C=C(C)C(=O)OC.C=C(CC=C(C)C(=O)O)C(=O)O. The molecule has 0 aliphatic rings. The van der Waals surface area contributed by atoms with Gasteiger partial charge in [-0.25, -0.2) is 14.4 Å². The van der Waals surface area contributed by atoms with E-state index in [0.29, 0.717) is 5.57 Å². The third-order valence-electron chi connectivity index (χ3n) is 1.83. The standard InChI is InChI=1S/C8H10O4.C5H8O2/c1-5(7(9)10)3-4-6(2)8(11)12;1-4(2)5(6)7-3/h4H,1,3H2,2H3,(H,9,10)(H,11,12);1H2,2-3H3. The number of rotatable bonds is 5. The van der Waals surface area contributed by atoms with Crippen molar-refractivity contribution in [3.05, 3.63) is 36.0 Å². The largest absolute Gasteiger partial charge is 0.478 e.